The highest BCUT2D eigenvalue weighted by molar-refractivity contribution is 6.06. The van der Waals surface area contributed by atoms with E-state index in [2.05, 4.69) is 0 Å². The van der Waals surface area contributed by atoms with E-state index in [-0.39, 0.29) is 29.7 Å². The van der Waals surface area contributed by atoms with E-state index in [9.17, 15) is 9.59 Å². The van der Waals surface area contributed by atoms with Gasteiger partial charge >= 0.3 is 0 Å². The summed E-state index contributed by atoms with van der Waals surface area (Å²) in [4.78, 5) is 27.0. The molecule has 1 saturated heterocycles. The largest absolute Gasteiger partial charge is 0.275 e. The summed E-state index contributed by atoms with van der Waals surface area (Å²) in [5.41, 5.74) is 1.04. The van der Waals surface area contributed by atoms with E-state index >= 15 is 0 Å². The lowest BCUT2D eigenvalue weighted by Gasteiger charge is -2.24. The van der Waals surface area contributed by atoms with Gasteiger partial charge < -0.3 is 0 Å². The van der Waals surface area contributed by atoms with Gasteiger partial charge in [0.15, 0.2) is 0 Å². The summed E-state index contributed by atoms with van der Waals surface area (Å²) < 4.78 is 0. The number of hydrogen-bond acceptors (Lipinski definition) is 2. The first-order valence-corrected chi connectivity index (χ1v) is 7.60. The third-order valence-corrected chi connectivity index (χ3v) is 5.63. The Morgan fingerprint density at radius 2 is 1.55 bits per heavy atom. The van der Waals surface area contributed by atoms with E-state index in [1.807, 2.05) is 37.3 Å². The first-order valence-electron chi connectivity index (χ1n) is 7.60. The van der Waals surface area contributed by atoms with Gasteiger partial charge in [-0.25, -0.2) is 0 Å². The minimum atomic E-state index is -0.138. The highest BCUT2D eigenvalue weighted by atomic mass is 16.2. The SMILES string of the molecule is C[C@@H](c1ccccc1)N1C(=O)[C@@H]2[C@@H]3CC[C@H](C3)[C@@H]2C1=O. The molecule has 0 aromatic heterocycles. The summed E-state index contributed by atoms with van der Waals surface area (Å²) >= 11 is 0. The van der Waals surface area contributed by atoms with Gasteiger partial charge in [0.1, 0.15) is 0 Å². The van der Waals surface area contributed by atoms with Gasteiger partial charge in [-0.1, -0.05) is 30.3 Å². The first kappa shape index (κ1) is 12.1. The molecule has 2 bridgehead atoms. The van der Waals surface area contributed by atoms with Crippen LogP contribution in [0.3, 0.4) is 0 Å². The number of hydrogen-bond donors (Lipinski definition) is 0. The van der Waals surface area contributed by atoms with Crippen LogP contribution in [0.4, 0.5) is 0 Å². The maximum absolute atomic E-state index is 12.7. The molecule has 1 aromatic rings. The number of amides is 2. The van der Waals surface area contributed by atoms with Gasteiger partial charge in [-0.15, -0.1) is 0 Å². The van der Waals surface area contributed by atoms with Crippen LogP contribution in [0.15, 0.2) is 30.3 Å². The van der Waals surface area contributed by atoms with Crippen molar-refractivity contribution in [2.75, 3.05) is 0 Å². The van der Waals surface area contributed by atoms with Crippen molar-refractivity contribution in [3.8, 4) is 0 Å². The Hall–Kier alpha value is -1.64. The summed E-state index contributed by atoms with van der Waals surface area (Å²) in [6.07, 6.45) is 3.37. The topological polar surface area (TPSA) is 37.4 Å². The number of benzene rings is 1. The number of nitrogens with zero attached hydrogens (tertiary/aromatic N) is 1. The van der Waals surface area contributed by atoms with E-state index in [1.54, 1.807) is 4.90 Å². The number of carbonyl (C=O) groups is 2. The van der Waals surface area contributed by atoms with Crippen LogP contribution in [0.25, 0.3) is 0 Å². The molecule has 3 heteroatoms. The molecule has 3 fully saturated rings. The smallest absolute Gasteiger partial charge is 0.233 e. The third kappa shape index (κ3) is 1.46. The molecule has 2 aliphatic carbocycles. The zero-order chi connectivity index (χ0) is 13.9. The lowest BCUT2D eigenvalue weighted by Crippen LogP contribution is -2.35. The number of rotatable bonds is 2. The molecule has 5 atom stereocenters. The van der Waals surface area contributed by atoms with Crippen LogP contribution in [-0.4, -0.2) is 16.7 Å². The van der Waals surface area contributed by atoms with Gasteiger partial charge in [0.25, 0.3) is 0 Å². The Bertz CT molecular complexity index is 540. The van der Waals surface area contributed by atoms with Crippen molar-refractivity contribution in [2.24, 2.45) is 23.7 Å². The number of imide groups is 1. The van der Waals surface area contributed by atoms with Crippen LogP contribution in [0.2, 0.25) is 0 Å². The van der Waals surface area contributed by atoms with Gasteiger partial charge in [0.05, 0.1) is 17.9 Å². The second-order valence-electron chi connectivity index (χ2n) is 6.52. The molecular weight excluding hydrogens is 250 g/mol. The Kier molecular flexibility index (Phi) is 2.53. The molecule has 1 aliphatic heterocycles. The fraction of sp³-hybridized carbons (Fsp3) is 0.529. The minimum Gasteiger partial charge on any atom is -0.275 e. The van der Waals surface area contributed by atoms with Crippen molar-refractivity contribution in [3.05, 3.63) is 35.9 Å². The fourth-order valence-corrected chi connectivity index (χ4v) is 4.69. The van der Waals surface area contributed by atoms with Gasteiger partial charge in [0, 0.05) is 0 Å². The standard InChI is InChI=1S/C17H19NO2/c1-10(11-5-3-2-4-6-11)18-16(19)14-12-7-8-13(9-12)15(14)17(18)20/h2-6,10,12-15H,7-9H2,1H3/t10-,12+,13+,14-,15+/m0/s1. The molecule has 20 heavy (non-hydrogen) atoms. The van der Waals surface area contributed by atoms with Crippen LogP contribution in [0.5, 0.6) is 0 Å². The molecule has 1 heterocycles. The fourth-order valence-electron chi connectivity index (χ4n) is 4.69. The zero-order valence-electron chi connectivity index (χ0n) is 11.7. The average molecular weight is 269 g/mol. The quantitative estimate of drug-likeness (QED) is 0.774. The van der Waals surface area contributed by atoms with E-state index in [1.165, 1.54) is 0 Å². The molecule has 4 rings (SSSR count). The summed E-state index contributed by atoms with van der Waals surface area (Å²) in [5.74, 6) is 1.09. The van der Waals surface area contributed by atoms with Crippen molar-refractivity contribution in [2.45, 2.75) is 32.2 Å². The van der Waals surface area contributed by atoms with Gasteiger partial charge in [-0.2, -0.15) is 0 Å². The highest BCUT2D eigenvalue weighted by Gasteiger charge is 2.61. The Morgan fingerprint density at radius 3 is 2.10 bits per heavy atom. The molecule has 2 saturated carbocycles. The average Bonchev–Trinajstić information content (AvgIpc) is 3.14. The van der Waals surface area contributed by atoms with Crippen LogP contribution in [0.1, 0.15) is 37.8 Å². The summed E-state index contributed by atoms with van der Waals surface area (Å²) in [7, 11) is 0. The number of fused-ring (bicyclic) bond motifs is 5. The molecule has 0 spiro atoms. The maximum Gasteiger partial charge on any atom is 0.233 e. The molecule has 2 amide bonds. The predicted molar refractivity (Wildman–Crippen MR) is 74.5 cm³/mol. The van der Waals surface area contributed by atoms with Gasteiger partial charge in [-0.3, -0.25) is 14.5 Å². The monoisotopic (exact) mass is 269 g/mol. The van der Waals surface area contributed by atoms with Crippen LogP contribution in [-0.2, 0) is 9.59 Å². The molecule has 3 nitrogen and oxygen atoms in total. The van der Waals surface area contributed by atoms with Crippen molar-refractivity contribution >= 4 is 11.8 Å². The van der Waals surface area contributed by atoms with Crippen molar-refractivity contribution in [1.29, 1.82) is 0 Å². The summed E-state index contributed by atoms with van der Waals surface area (Å²) in [5, 5.41) is 0. The van der Waals surface area contributed by atoms with Crippen molar-refractivity contribution in [1.82, 2.24) is 4.90 Å². The molecule has 0 radical (unpaired) electrons. The molecule has 0 N–H and O–H groups in total. The van der Waals surface area contributed by atoms with Gasteiger partial charge in [0.2, 0.25) is 11.8 Å². The second kappa shape index (κ2) is 4.18. The van der Waals surface area contributed by atoms with Gasteiger partial charge in [-0.05, 0) is 43.6 Å². The normalized spacial score (nSPS) is 36.5. The summed E-state index contributed by atoms with van der Waals surface area (Å²) in [6.45, 7) is 1.97. The minimum absolute atomic E-state index is 0.00703. The first-order chi connectivity index (χ1) is 9.68. The molecule has 3 aliphatic rings. The lowest BCUT2D eigenvalue weighted by molar-refractivity contribution is -0.143. The second-order valence-corrected chi connectivity index (χ2v) is 6.52. The van der Waals surface area contributed by atoms with E-state index in [0.29, 0.717) is 11.8 Å². The number of likely N-dealkylation sites (tertiary alicyclic amines) is 1. The zero-order valence-corrected chi connectivity index (χ0v) is 11.7. The summed E-state index contributed by atoms with van der Waals surface area (Å²) in [6, 6.07) is 9.73. The Balaban J connectivity index is 1.67. The van der Waals surface area contributed by atoms with Crippen molar-refractivity contribution < 1.29 is 9.59 Å². The third-order valence-electron chi connectivity index (χ3n) is 5.63. The predicted octanol–water partition coefficient (Wildman–Crippen LogP) is 2.78. The van der Waals surface area contributed by atoms with Crippen LogP contribution >= 0.6 is 0 Å². The molecular formula is C17H19NO2. The van der Waals surface area contributed by atoms with E-state index < -0.39 is 0 Å². The van der Waals surface area contributed by atoms with Crippen LogP contribution < -0.4 is 0 Å². The molecule has 0 unspecified atom stereocenters. The molecule has 104 valence electrons. The van der Waals surface area contributed by atoms with E-state index in [4.69, 9.17) is 0 Å². The molecule has 1 aromatic carbocycles. The van der Waals surface area contributed by atoms with E-state index in [0.717, 1.165) is 24.8 Å². The Labute approximate surface area is 119 Å². The van der Waals surface area contributed by atoms with Crippen molar-refractivity contribution in [3.63, 3.8) is 0 Å². The number of carbonyl (C=O) groups excluding carboxylic acids is 2. The lowest BCUT2D eigenvalue weighted by atomic mass is 9.81. The maximum atomic E-state index is 12.7. The Morgan fingerprint density at radius 1 is 1.00 bits per heavy atom. The highest BCUT2D eigenvalue weighted by Crippen LogP contribution is 2.57. The van der Waals surface area contributed by atoms with Crippen LogP contribution in [0, 0.1) is 23.7 Å².